The molecule has 0 fully saturated rings. The summed E-state index contributed by atoms with van der Waals surface area (Å²) in [5.74, 6) is 0.461. The van der Waals surface area contributed by atoms with Gasteiger partial charge in [-0.2, -0.15) is 0 Å². The highest BCUT2D eigenvalue weighted by Gasteiger charge is 2.19. The molecule has 0 aliphatic carbocycles. The van der Waals surface area contributed by atoms with E-state index in [4.69, 9.17) is 21.1 Å². The Kier molecular flexibility index (Phi) is 8.28. The number of esters is 1. The van der Waals surface area contributed by atoms with Crippen molar-refractivity contribution >= 4 is 28.5 Å². The fraction of sp³-hybridized carbons (Fsp3) is 0.400. The van der Waals surface area contributed by atoms with E-state index in [0.29, 0.717) is 13.2 Å². The average Bonchev–Trinajstić information content (AvgIpc) is 3.10. The van der Waals surface area contributed by atoms with Crippen molar-refractivity contribution in [2.45, 2.75) is 46.6 Å². The molecule has 3 rings (SSSR count). The van der Waals surface area contributed by atoms with Crippen LogP contribution in [0.15, 0.2) is 36.4 Å². The zero-order valence-corrected chi connectivity index (χ0v) is 19.6. The number of nitroso groups, excluding NO2 is 1. The van der Waals surface area contributed by atoms with Crippen LogP contribution in [0.5, 0.6) is 5.75 Å². The Bertz CT molecular complexity index is 1080. The molecule has 0 radical (unpaired) electrons. The summed E-state index contributed by atoms with van der Waals surface area (Å²) in [6, 6.07) is 11.9. The van der Waals surface area contributed by atoms with E-state index >= 15 is 0 Å². The first kappa shape index (κ1) is 23.8. The number of carbonyl (C=O) groups excluding carboxylic acids is 1. The van der Waals surface area contributed by atoms with Crippen LogP contribution in [0.3, 0.4) is 0 Å². The molecule has 0 saturated heterocycles. The lowest BCUT2D eigenvalue weighted by atomic mass is 10.1. The minimum absolute atomic E-state index is 0.0840. The Morgan fingerprint density at radius 2 is 1.88 bits per heavy atom. The molecule has 3 aromatic rings. The van der Waals surface area contributed by atoms with Gasteiger partial charge in [0.15, 0.2) is 0 Å². The van der Waals surface area contributed by atoms with Crippen LogP contribution in [0.2, 0.25) is 5.02 Å². The summed E-state index contributed by atoms with van der Waals surface area (Å²) < 4.78 is 11.8. The van der Waals surface area contributed by atoms with Crippen LogP contribution < -0.4 is 4.74 Å². The number of nitrogens with one attached hydrogen (secondary N) is 1. The van der Waals surface area contributed by atoms with Crippen molar-refractivity contribution in [1.29, 1.82) is 0 Å². The van der Waals surface area contributed by atoms with Gasteiger partial charge in [0.1, 0.15) is 12.2 Å². The van der Waals surface area contributed by atoms with Crippen molar-refractivity contribution < 1.29 is 19.0 Å². The molecule has 1 heterocycles. The van der Waals surface area contributed by atoms with E-state index in [-0.39, 0.29) is 25.5 Å². The fourth-order valence-corrected chi connectivity index (χ4v) is 3.92. The largest absolute Gasteiger partial charge is 0.494 e. The molecule has 170 valence electrons. The standard InChI is InChI=1S/C25H30ClN2O4/c1-4-31-24(29)11-12-28(30)16-23-21(20-8-5-6-10-22(20)27-23)9-7-13-32-19-14-17(2)25(26)18(3)15-19/h5-6,8,10,14-15,27H,4,7,9,11-13,16H2,1-3H3/q+1. The van der Waals surface area contributed by atoms with Gasteiger partial charge in [-0.1, -0.05) is 29.8 Å². The molecule has 0 unspecified atom stereocenters. The Labute approximate surface area is 193 Å². The average molecular weight is 458 g/mol. The van der Waals surface area contributed by atoms with Gasteiger partial charge in [0.05, 0.1) is 18.9 Å². The molecule has 7 heteroatoms. The van der Waals surface area contributed by atoms with E-state index in [1.807, 2.05) is 44.2 Å². The van der Waals surface area contributed by atoms with Gasteiger partial charge in [0.25, 0.3) is 0 Å². The highest BCUT2D eigenvalue weighted by molar-refractivity contribution is 6.32. The maximum absolute atomic E-state index is 12.4. The molecule has 0 bridgehead atoms. The van der Waals surface area contributed by atoms with Crippen LogP contribution >= 0.6 is 11.6 Å². The van der Waals surface area contributed by atoms with E-state index in [9.17, 15) is 9.70 Å². The maximum atomic E-state index is 12.4. The molecule has 0 aliphatic heterocycles. The summed E-state index contributed by atoms with van der Waals surface area (Å²) in [6.07, 6.45) is 1.66. The lowest BCUT2D eigenvalue weighted by Crippen LogP contribution is -2.16. The van der Waals surface area contributed by atoms with Crippen molar-refractivity contribution in [2.24, 2.45) is 0 Å². The molecule has 2 aromatic carbocycles. The molecule has 0 amide bonds. The van der Waals surface area contributed by atoms with Gasteiger partial charge in [0, 0.05) is 25.6 Å². The number of rotatable bonds is 11. The number of fused-ring (bicyclic) bond motifs is 1. The summed E-state index contributed by atoms with van der Waals surface area (Å²) in [4.78, 5) is 27.3. The predicted octanol–water partition coefficient (Wildman–Crippen LogP) is 5.68. The number of aromatic amines is 1. The second-order valence-corrected chi connectivity index (χ2v) is 8.25. The third kappa shape index (κ3) is 6.10. The molecule has 1 aromatic heterocycles. The van der Waals surface area contributed by atoms with Crippen LogP contribution in [-0.2, 0) is 22.5 Å². The molecule has 0 atom stereocenters. The Morgan fingerprint density at radius 1 is 1.16 bits per heavy atom. The SMILES string of the molecule is CCOC(=O)CC[N+](=O)Cc1[nH]c2ccccc2c1CCCOc1cc(C)c(Cl)c(C)c1. The lowest BCUT2D eigenvalue weighted by Gasteiger charge is -2.10. The topological polar surface area (TPSA) is 71.4 Å². The number of benzene rings is 2. The summed E-state index contributed by atoms with van der Waals surface area (Å²) in [6.45, 7) is 6.87. The summed E-state index contributed by atoms with van der Waals surface area (Å²) in [5.41, 5.74) is 4.99. The Hall–Kier alpha value is -2.86. The van der Waals surface area contributed by atoms with Crippen LogP contribution in [0.4, 0.5) is 0 Å². The van der Waals surface area contributed by atoms with Crippen molar-refractivity contribution in [3.63, 3.8) is 0 Å². The van der Waals surface area contributed by atoms with Gasteiger partial charge < -0.3 is 14.5 Å². The van der Waals surface area contributed by atoms with E-state index in [1.54, 1.807) is 6.92 Å². The molecular weight excluding hydrogens is 428 g/mol. The van der Waals surface area contributed by atoms with E-state index < -0.39 is 0 Å². The summed E-state index contributed by atoms with van der Waals surface area (Å²) in [5, 5.41) is 1.88. The third-order valence-corrected chi connectivity index (χ3v) is 5.95. The molecule has 32 heavy (non-hydrogen) atoms. The van der Waals surface area contributed by atoms with Crippen molar-refractivity contribution in [3.05, 3.63) is 68.7 Å². The number of ether oxygens (including phenoxy) is 2. The highest BCUT2D eigenvalue weighted by atomic mass is 35.5. The summed E-state index contributed by atoms with van der Waals surface area (Å²) >= 11 is 6.23. The van der Waals surface area contributed by atoms with Crippen LogP contribution in [0, 0.1) is 18.8 Å². The van der Waals surface area contributed by atoms with Gasteiger partial charge in [-0.05, 0) is 68.5 Å². The zero-order chi connectivity index (χ0) is 23.1. The van der Waals surface area contributed by atoms with Crippen LogP contribution in [0.25, 0.3) is 10.9 Å². The second kappa shape index (κ2) is 11.1. The molecular formula is C25H30ClN2O4+. The quantitative estimate of drug-likeness (QED) is 0.228. The number of H-pyrrole nitrogens is 1. The normalized spacial score (nSPS) is 11.0. The number of carbonyl (C=O) groups is 1. The zero-order valence-electron chi connectivity index (χ0n) is 18.9. The number of para-hydroxylation sites is 1. The van der Waals surface area contributed by atoms with E-state index in [0.717, 1.165) is 61.7 Å². The van der Waals surface area contributed by atoms with Gasteiger partial charge in [-0.3, -0.25) is 4.79 Å². The minimum Gasteiger partial charge on any atom is -0.494 e. The number of hydrogen-bond donors (Lipinski definition) is 1. The number of aromatic nitrogens is 1. The minimum atomic E-state index is -0.352. The number of halogens is 1. The van der Waals surface area contributed by atoms with Gasteiger partial charge in [-0.25, -0.2) is 0 Å². The number of hydrogen-bond acceptors (Lipinski definition) is 4. The molecule has 0 saturated carbocycles. The first-order valence-electron chi connectivity index (χ1n) is 10.9. The lowest BCUT2D eigenvalue weighted by molar-refractivity contribution is -0.564. The van der Waals surface area contributed by atoms with Crippen molar-refractivity contribution in [3.8, 4) is 5.75 Å². The first-order chi connectivity index (χ1) is 15.4. The van der Waals surface area contributed by atoms with Crippen molar-refractivity contribution in [1.82, 2.24) is 4.98 Å². The Morgan fingerprint density at radius 3 is 2.59 bits per heavy atom. The van der Waals surface area contributed by atoms with E-state index in [1.165, 1.54) is 0 Å². The van der Waals surface area contributed by atoms with Crippen LogP contribution in [0.1, 0.15) is 42.1 Å². The summed E-state index contributed by atoms with van der Waals surface area (Å²) in [7, 11) is 0. The first-order valence-corrected chi connectivity index (χ1v) is 11.3. The highest BCUT2D eigenvalue weighted by Crippen LogP contribution is 2.27. The van der Waals surface area contributed by atoms with Crippen LogP contribution in [-0.4, -0.2) is 35.5 Å². The number of aryl methyl sites for hydroxylation is 3. The fourth-order valence-electron chi connectivity index (χ4n) is 3.81. The van der Waals surface area contributed by atoms with Crippen molar-refractivity contribution in [2.75, 3.05) is 19.8 Å². The number of nitrogens with zero attached hydrogens (tertiary/aromatic N) is 1. The van der Waals surface area contributed by atoms with E-state index in [2.05, 4.69) is 11.1 Å². The molecule has 0 spiro atoms. The van der Waals surface area contributed by atoms with Gasteiger partial charge in [-0.15, -0.1) is 0 Å². The monoisotopic (exact) mass is 457 g/mol. The maximum Gasteiger partial charge on any atom is 0.312 e. The Balaban J connectivity index is 1.64. The second-order valence-electron chi connectivity index (χ2n) is 7.87. The molecule has 1 N–H and O–H groups in total. The predicted molar refractivity (Wildman–Crippen MR) is 126 cm³/mol. The van der Waals surface area contributed by atoms with Gasteiger partial charge in [0.2, 0.25) is 13.1 Å². The molecule has 6 nitrogen and oxygen atoms in total. The van der Waals surface area contributed by atoms with Gasteiger partial charge >= 0.3 is 5.97 Å². The molecule has 0 aliphatic rings. The third-order valence-electron chi connectivity index (χ3n) is 5.36. The smallest absolute Gasteiger partial charge is 0.312 e.